The Bertz CT molecular complexity index is 597. The molecule has 20 heavy (non-hydrogen) atoms. The topological polar surface area (TPSA) is 43.8 Å². The van der Waals surface area contributed by atoms with Gasteiger partial charge in [-0.15, -0.1) is 0 Å². The zero-order valence-corrected chi connectivity index (χ0v) is 11.5. The number of aromatic nitrogens is 2. The molecule has 0 radical (unpaired) electrons. The molecule has 2 rings (SSSR count). The van der Waals surface area contributed by atoms with Gasteiger partial charge in [0.25, 0.3) is 0 Å². The van der Waals surface area contributed by atoms with E-state index in [1.165, 1.54) is 4.57 Å². The van der Waals surface area contributed by atoms with E-state index >= 15 is 0 Å². The molecule has 0 bridgehead atoms. The average Bonchev–Trinajstić information content (AvgIpc) is 2.76. The van der Waals surface area contributed by atoms with Crippen molar-refractivity contribution in [1.29, 1.82) is 0 Å². The Balaban J connectivity index is 2.67. The summed E-state index contributed by atoms with van der Waals surface area (Å²) in [6, 6.07) is 6.81. The number of rotatable bonds is 4. The maximum atomic E-state index is 12.8. The highest BCUT2D eigenvalue weighted by molar-refractivity contribution is 5.76. The van der Waals surface area contributed by atoms with Crippen molar-refractivity contribution in [2.75, 3.05) is 0 Å². The van der Waals surface area contributed by atoms with E-state index in [0.29, 0.717) is 29.7 Å². The molecular weight excluding hydrogens is 267 g/mol. The molecule has 6 heteroatoms. The summed E-state index contributed by atoms with van der Waals surface area (Å²) in [5.41, 5.74) is 6.42. The van der Waals surface area contributed by atoms with Crippen LogP contribution in [0.25, 0.3) is 11.0 Å². The summed E-state index contributed by atoms with van der Waals surface area (Å²) in [6.45, 7) is 2.66. The Labute approximate surface area is 115 Å². The Hall–Kier alpha value is -1.56. The van der Waals surface area contributed by atoms with E-state index in [-0.39, 0.29) is 0 Å². The number of imidazole rings is 1. The quantitative estimate of drug-likeness (QED) is 0.933. The molecule has 0 amide bonds. The van der Waals surface area contributed by atoms with Gasteiger partial charge in [0, 0.05) is 0 Å². The van der Waals surface area contributed by atoms with Crippen molar-refractivity contribution in [1.82, 2.24) is 9.55 Å². The minimum atomic E-state index is -4.30. The number of hydrogen-bond acceptors (Lipinski definition) is 2. The van der Waals surface area contributed by atoms with Crippen molar-refractivity contribution in [3.05, 3.63) is 30.1 Å². The van der Waals surface area contributed by atoms with Gasteiger partial charge in [0.1, 0.15) is 12.4 Å². The van der Waals surface area contributed by atoms with E-state index in [9.17, 15) is 13.2 Å². The predicted octanol–water partition coefficient (Wildman–Crippen LogP) is 3.57. The summed E-state index contributed by atoms with van der Waals surface area (Å²) in [6.07, 6.45) is -3.24. The number of para-hydroxylation sites is 2. The fraction of sp³-hybridized carbons (Fsp3) is 0.500. The fourth-order valence-electron chi connectivity index (χ4n) is 2.36. The van der Waals surface area contributed by atoms with Crippen LogP contribution in [0.2, 0.25) is 0 Å². The lowest BCUT2D eigenvalue weighted by atomic mass is 9.93. The van der Waals surface area contributed by atoms with E-state index in [0.717, 1.165) is 0 Å². The number of benzene rings is 1. The SMILES string of the molecule is CCC(N)(CC)c1nc2ccccc2n1CC(F)(F)F. The van der Waals surface area contributed by atoms with Crippen molar-refractivity contribution >= 4 is 11.0 Å². The second kappa shape index (κ2) is 5.09. The first-order valence-corrected chi connectivity index (χ1v) is 6.62. The van der Waals surface area contributed by atoms with E-state index in [1.807, 2.05) is 13.8 Å². The van der Waals surface area contributed by atoms with Crippen LogP contribution in [0.4, 0.5) is 13.2 Å². The maximum Gasteiger partial charge on any atom is 0.406 e. The Morgan fingerprint density at radius 2 is 1.75 bits per heavy atom. The molecule has 1 aromatic carbocycles. The normalized spacial score (nSPS) is 13.1. The molecule has 0 atom stereocenters. The van der Waals surface area contributed by atoms with E-state index in [4.69, 9.17) is 5.73 Å². The lowest BCUT2D eigenvalue weighted by molar-refractivity contribution is -0.140. The molecule has 0 aliphatic rings. The number of nitrogens with zero attached hydrogens (tertiary/aromatic N) is 2. The van der Waals surface area contributed by atoms with Gasteiger partial charge in [-0.05, 0) is 25.0 Å². The first kappa shape index (κ1) is 14.8. The minimum absolute atomic E-state index is 0.307. The van der Waals surface area contributed by atoms with Gasteiger partial charge in [0.2, 0.25) is 0 Å². The highest BCUT2D eigenvalue weighted by atomic mass is 19.4. The first-order chi connectivity index (χ1) is 9.30. The van der Waals surface area contributed by atoms with Crippen LogP contribution in [0.1, 0.15) is 32.5 Å². The van der Waals surface area contributed by atoms with Gasteiger partial charge in [-0.25, -0.2) is 4.98 Å². The van der Waals surface area contributed by atoms with Gasteiger partial charge in [0.05, 0.1) is 16.6 Å². The summed E-state index contributed by atoms with van der Waals surface area (Å²) in [4.78, 5) is 4.35. The predicted molar refractivity (Wildman–Crippen MR) is 72.2 cm³/mol. The van der Waals surface area contributed by atoms with Crippen LogP contribution in [0.5, 0.6) is 0 Å². The van der Waals surface area contributed by atoms with Crippen molar-refractivity contribution in [2.45, 2.75) is 44.9 Å². The van der Waals surface area contributed by atoms with Crippen LogP contribution in [0.3, 0.4) is 0 Å². The summed E-state index contributed by atoms with van der Waals surface area (Å²) < 4.78 is 39.7. The second-order valence-corrected chi connectivity index (χ2v) is 4.99. The summed E-state index contributed by atoms with van der Waals surface area (Å²) in [5.74, 6) is 0.307. The van der Waals surface area contributed by atoms with Crippen molar-refractivity contribution in [2.24, 2.45) is 5.73 Å². The van der Waals surface area contributed by atoms with Crippen molar-refractivity contribution in [3.63, 3.8) is 0 Å². The molecule has 0 aliphatic carbocycles. The largest absolute Gasteiger partial charge is 0.406 e. The highest BCUT2D eigenvalue weighted by Gasteiger charge is 2.35. The van der Waals surface area contributed by atoms with Crippen molar-refractivity contribution in [3.8, 4) is 0 Å². The average molecular weight is 285 g/mol. The molecule has 2 aromatic rings. The molecule has 3 nitrogen and oxygen atoms in total. The van der Waals surface area contributed by atoms with Gasteiger partial charge in [-0.2, -0.15) is 13.2 Å². The van der Waals surface area contributed by atoms with Gasteiger partial charge >= 0.3 is 6.18 Å². The van der Waals surface area contributed by atoms with Gasteiger partial charge in [0.15, 0.2) is 0 Å². The zero-order chi connectivity index (χ0) is 15.0. The molecule has 1 heterocycles. The summed E-state index contributed by atoms with van der Waals surface area (Å²) in [5, 5.41) is 0. The van der Waals surface area contributed by atoms with Crippen LogP contribution in [0, 0.1) is 0 Å². The summed E-state index contributed by atoms with van der Waals surface area (Å²) in [7, 11) is 0. The molecule has 2 N–H and O–H groups in total. The Morgan fingerprint density at radius 3 is 2.30 bits per heavy atom. The first-order valence-electron chi connectivity index (χ1n) is 6.62. The highest BCUT2D eigenvalue weighted by Crippen LogP contribution is 2.31. The van der Waals surface area contributed by atoms with Gasteiger partial charge in [-0.1, -0.05) is 26.0 Å². The Kier molecular flexibility index (Phi) is 3.77. The number of fused-ring (bicyclic) bond motifs is 1. The van der Waals surface area contributed by atoms with Crippen LogP contribution >= 0.6 is 0 Å². The van der Waals surface area contributed by atoms with Crippen molar-refractivity contribution < 1.29 is 13.2 Å². The van der Waals surface area contributed by atoms with Crippen LogP contribution in [0.15, 0.2) is 24.3 Å². The maximum absolute atomic E-state index is 12.8. The smallest absolute Gasteiger partial charge is 0.319 e. The monoisotopic (exact) mass is 285 g/mol. The molecule has 0 fully saturated rings. The molecule has 110 valence electrons. The molecule has 0 aliphatic heterocycles. The van der Waals surface area contributed by atoms with E-state index in [1.54, 1.807) is 24.3 Å². The molecule has 0 unspecified atom stereocenters. The summed E-state index contributed by atoms with van der Waals surface area (Å²) >= 11 is 0. The molecule has 0 saturated carbocycles. The van der Waals surface area contributed by atoms with Crippen LogP contribution in [-0.2, 0) is 12.1 Å². The van der Waals surface area contributed by atoms with Crippen LogP contribution in [-0.4, -0.2) is 15.7 Å². The number of hydrogen-bond donors (Lipinski definition) is 1. The standard InChI is InChI=1S/C14H18F3N3/c1-3-13(18,4-2)12-19-10-7-5-6-8-11(10)20(12)9-14(15,16)17/h5-8H,3-4,9,18H2,1-2H3. The lowest BCUT2D eigenvalue weighted by Gasteiger charge is -2.27. The third-order valence-corrected chi connectivity index (χ3v) is 3.70. The van der Waals surface area contributed by atoms with E-state index in [2.05, 4.69) is 4.98 Å². The third-order valence-electron chi connectivity index (χ3n) is 3.70. The molecule has 0 spiro atoms. The number of nitrogens with two attached hydrogens (primary N) is 1. The lowest BCUT2D eigenvalue weighted by Crippen LogP contribution is -2.39. The Morgan fingerprint density at radius 1 is 1.15 bits per heavy atom. The molecule has 1 aromatic heterocycles. The fourth-order valence-corrected chi connectivity index (χ4v) is 2.36. The number of halogens is 3. The third kappa shape index (κ3) is 2.65. The molecule has 0 saturated heterocycles. The van der Waals surface area contributed by atoms with Gasteiger partial charge in [-0.3, -0.25) is 0 Å². The zero-order valence-electron chi connectivity index (χ0n) is 11.5. The van der Waals surface area contributed by atoms with E-state index < -0.39 is 18.3 Å². The van der Waals surface area contributed by atoms with Gasteiger partial charge < -0.3 is 10.3 Å². The number of alkyl halides is 3. The molecular formula is C14H18F3N3. The van der Waals surface area contributed by atoms with Crippen LogP contribution < -0.4 is 5.73 Å². The minimum Gasteiger partial charge on any atom is -0.319 e. The second-order valence-electron chi connectivity index (χ2n) is 4.99.